The van der Waals surface area contributed by atoms with Gasteiger partial charge in [0, 0.05) is 13.1 Å². The first-order chi connectivity index (χ1) is 13.5. The Bertz CT molecular complexity index is 950. The van der Waals surface area contributed by atoms with E-state index in [1.165, 1.54) is 12.3 Å². The van der Waals surface area contributed by atoms with Gasteiger partial charge in [-0.25, -0.2) is 22.6 Å². The van der Waals surface area contributed by atoms with Crippen molar-refractivity contribution in [3.8, 4) is 0 Å². The van der Waals surface area contributed by atoms with E-state index in [-0.39, 0.29) is 28.0 Å². The molecule has 158 valence electrons. The standard InChI is InChI=1S/C20H26FN3O4S/c1-13(2)11-24(12-14(3)4)19-18(20(25)26)9-16(10-22-19)23-29(27,28)17-7-5-15(21)6-8-17/h5-10,13-14,23H,11-12H2,1-4H3,(H,25,26). The number of carbonyl (C=O) groups is 1. The van der Waals surface area contributed by atoms with Crippen molar-refractivity contribution in [3.05, 3.63) is 47.9 Å². The molecule has 0 aliphatic rings. The highest BCUT2D eigenvalue weighted by molar-refractivity contribution is 7.92. The van der Waals surface area contributed by atoms with Crippen molar-refractivity contribution in [2.75, 3.05) is 22.7 Å². The van der Waals surface area contributed by atoms with Gasteiger partial charge < -0.3 is 10.0 Å². The molecule has 1 aromatic heterocycles. The van der Waals surface area contributed by atoms with E-state index in [0.29, 0.717) is 18.9 Å². The Morgan fingerprint density at radius 3 is 2.17 bits per heavy atom. The van der Waals surface area contributed by atoms with Gasteiger partial charge in [-0.05, 0) is 42.2 Å². The average Bonchev–Trinajstić information content (AvgIpc) is 2.60. The van der Waals surface area contributed by atoms with Crippen molar-refractivity contribution >= 4 is 27.5 Å². The summed E-state index contributed by atoms with van der Waals surface area (Å²) in [7, 11) is -4.01. The smallest absolute Gasteiger partial charge is 0.339 e. The van der Waals surface area contributed by atoms with Gasteiger partial charge in [-0.3, -0.25) is 4.72 Å². The Balaban J connectivity index is 2.40. The van der Waals surface area contributed by atoms with Gasteiger partial charge >= 0.3 is 5.97 Å². The van der Waals surface area contributed by atoms with Crippen LogP contribution in [0.1, 0.15) is 38.1 Å². The predicted molar refractivity (Wildman–Crippen MR) is 110 cm³/mol. The predicted octanol–water partition coefficient (Wildman–Crippen LogP) is 3.84. The topological polar surface area (TPSA) is 99.6 Å². The van der Waals surface area contributed by atoms with Crippen LogP contribution in [0.5, 0.6) is 0 Å². The van der Waals surface area contributed by atoms with Gasteiger partial charge in [0.2, 0.25) is 0 Å². The van der Waals surface area contributed by atoms with Crippen molar-refractivity contribution in [1.29, 1.82) is 0 Å². The summed E-state index contributed by atoms with van der Waals surface area (Å²) in [5, 5.41) is 9.67. The van der Waals surface area contributed by atoms with E-state index in [9.17, 15) is 22.7 Å². The van der Waals surface area contributed by atoms with E-state index in [1.54, 1.807) is 0 Å². The van der Waals surface area contributed by atoms with Crippen LogP contribution in [0.4, 0.5) is 15.9 Å². The number of rotatable bonds is 9. The lowest BCUT2D eigenvalue weighted by molar-refractivity contribution is 0.0697. The maximum atomic E-state index is 13.0. The van der Waals surface area contributed by atoms with Crippen LogP contribution in [-0.4, -0.2) is 37.6 Å². The fourth-order valence-electron chi connectivity index (χ4n) is 2.88. The number of aromatic carboxylic acids is 1. The maximum absolute atomic E-state index is 13.0. The Morgan fingerprint density at radius 2 is 1.69 bits per heavy atom. The first kappa shape index (κ1) is 22.6. The third-order valence-corrected chi connectivity index (χ3v) is 5.34. The number of carboxylic acids is 1. The van der Waals surface area contributed by atoms with Crippen molar-refractivity contribution in [2.24, 2.45) is 11.8 Å². The first-order valence-corrected chi connectivity index (χ1v) is 10.7. The molecular formula is C20H26FN3O4S. The van der Waals surface area contributed by atoms with E-state index >= 15 is 0 Å². The molecule has 2 aromatic rings. The van der Waals surface area contributed by atoms with E-state index in [1.807, 2.05) is 32.6 Å². The van der Waals surface area contributed by atoms with Crippen LogP contribution in [0.25, 0.3) is 0 Å². The number of hydrogen-bond donors (Lipinski definition) is 2. The summed E-state index contributed by atoms with van der Waals surface area (Å²) in [6.07, 6.45) is 1.29. The number of aromatic nitrogens is 1. The molecule has 7 nitrogen and oxygen atoms in total. The molecule has 0 aliphatic carbocycles. The fourth-order valence-corrected chi connectivity index (χ4v) is 3.91. The second-order valence-electron chi connectivity index (χ2n) is 7.65. The lowest BCUT2D eigenvalue weighted by Crippen LogP contribution is -2.33. The summed E-state index contributed by atoms with van der Waals surface area (Å²) in [6.45, 7) is 9.34. The summed E-state index contributed by atoms with van der Waals surface area (Å²) in [5.41, 5.74) is -0.0740. The second kappa shape index (κ2) is 9.21. The number of pyridine rings is 1. The fraction of sp³-hybridized carbons (Fsp3) is 0.400. The minimum atomic E-state index is -4.01. The first-order valence-electron chi connectivity index (χ1n) is 9.26. The number of nitrogens with zero attached hydrogens (tertiary/aromatic N) is 2. The van der Waals surface area contributed by atoms with Crippen molar-refractivity contribution in [2.45, 2.75) is 32.6 Å². The van der Waals surface area contributed by atoms with Gasteiger partial charge in [-0.1, -0.05) is 27.7 Å². The van der Waals surface area contributed by atoms with Crippen LogP contribution in [0, 0.1) is 17.7 Å². The molecule has 29 heavy (non-hydrogen) atoms. The molecular weight excluding hydrogens is 397 g/mol. The summed E-state index contributed by atoms with van der Waals surface area (Å²) in [5.74, 6) is -0.890. The lowest BCUT2D eigenvalue weighted by atomic mass is 10.1. The van der Waals surface area contributed by atoms with Crippen LogP contribution in [0.3, 0.4) is 0 Å². The van der Waals surface area contributed by atoms with Crippen LogP contribution >= 0.6 is 0 Å². The van der Waals surface area contributed by atoms with Gasteiger partial charge in [-0.15, -0.1) is 0 Å². The van der Waals surface area contributed by atoms with Crippen LogP contribution in [-0.2, 0) is 10.0 Å². The van der Waals surface area contributed by atoms with E-state index in [4.69, 9.17) is 0 Å². The molecule has 0 amide bonds. The van der Waals surface area contributed by atoms with Gasteiger partial charge in [0.15, 0.2) is 0 Å². The molecule has 1 heterocycles. The van der Waals surface area contributed by atoms with Crippen molar-refractivity contribution < 1.29 is 22.7 Å². The Hall–Kier alpha value is -2.68. The summed E-state index contributed by atoms with van der Waals surface area (Å²) in [4.78, 5) is 17.9. The minimum Gasteiger partial charge on any atom is -0.478 e. The average molecular weight is 424 g/mol. The number of nitrogens with one attached hydrogen (secondary N) is 1. The molecule has 0 fully saturated rings. The molecule has 0 saturated heterocycles. The second-order valence-corrected chi connectivity index (χ2v) is 9.33. The molecule has 2 rings (SSSR count). The van der Waals surface area contributed by atoms with Crippen molar-refractivity contribution in [1.82, 2.24) is 4.98 Å². The zero-order chi connectivity index (χ0) is 21.8. The molecule has 0 spiro atoms. The van der Waals surface area contributed by atoms with E-state index in [0.717, 1.165) is 24.3 Å². The van der Waals surface area contributed by atoms with E-state index < -0.39 is 21.8 Å². The number of sulfonamides is 1. The van der Waals surface area contributed by atoms with Gasteiger partial charge in [-0.2, -0.15) is 0 Å². The number of carboxylic acid groups (broad SMARTS) is 1. The summed E-state index contributed by atoms with van der Waals surface area (Å²) in [6, 6.07) is 5.58. The molecule has 0 unspecified atom stereocenters. The zero-order valence-corrected chi connectivity index (χ0v) is 17.7. The molecule has 0 aliphatic heterocycles. The maximum Gasteiger partial charge on any atom is 0.339 e. The Kier molecular flexibility index (Phi) is 7.18. The molecule has 9 heteroatoms. The highest BCUT2D eigenvalue weighted by atomic mass is 32.2. The summed E-state index contributed by atoms with van der Waals surface area (Å²) >= 11 is 0. The highest BCUT2D eigenvalue weighted by Gasteiger charge is 2.22. The van der Waals surface area contributed by atoms with Crippen molar-refractivity contribution in [3.63, 3.8) is 0 Å². The molecule has 0 atom stereocenters. The van der Waals surface area contributed by atoms with Gasteiger partial charge in [0.25, 0.3) is 10.0 Å². The number of hydrogen-bond acceptors (Lipinski definition) is 5. The quantitative estimate of drug-likeness (QED) is 0.636. The Labute approximate surface area is 170 Å². The number of anilines is 2. The highest BCUT2D eigenvalue weighted by Crippen LogP contribution is 2.25. The SMILES string of the molecule is CC(C)CN(CC(C)C)c1ncc(NS(=O)(=O)c2ccc(F)cc2)cc1C(=O)O. The number of halogens is 1. The molecule has 0 radical (unpaired) electrons. The molecule has 0 saturated carbocycles. The molecule has 1 aromatic carbocycles. The number of benzene rings is 1. The van der Waals surface area contributed by atoms with Crippen LogP contribution in [0.2, 0.25) is 0 Å². The molecule has 0 bridgehead atoms. The summed E-state index contributed by atoms with van der Waals surface area (Å²) < 4.78 is 40.3. The lowest BCUT2D eigenvalue weighted by Gasteiger charge is -2.28. The zero-order valence-electron chi connectivity index (χ0n) is 16.9. The monoisotopic (exact) mass is 423 g/mol. The normalized spacial score (nSPS) is 11.7. The van der Waals surface area contributed by atoms with Crippen LogP contribution < -0.4 is 9.62 Å². The third-order valence-electron chi connectivity index (χ3n) is 3.94. The largest absolute Gasteiger partial charge is 0.478 e. The third kappa shape index (κ3) is 6.15. The minimum absolute atomic E-state index is 0.0181. The Morgan fingerprint density at radius 1 is 1.14 bits per heavy atom. The van der Waals surface area contributed by atoms with Crippen LogP contribution in [0.15, 0.2) is 41.4 Å². The van der Waals surface area contributed by atoms with Gasteiger partial charge in [0.1, 0.15) is 17.2 Å². The van der Waals surface area contributed by atoms with E-state index in [2.05, 4.69) is 9.71 Å². The molecule has 2 N–H and O–H groups in total. The van der Waals surface area contributed by atoms with Gasteiger partial charge in [0.05, 0.1) is 16.8 Å².